The molecule has 0 radical (unpaired) electrons. The summed E-state index contributed by atoms with van der Waals surface area (Å²) in [5, 5.41) is 8.38. The number of carbonyl (C=O) groups is 1. The maximum atomic E-state index is 11.2. The minimum absolute atomic E-state index is 0.00317. The zero-order valence-corrected chi connectivity index (χ0v) is 9.40. The van der Waals surface area contributed by atoms with E-state index in [1.54, 1.807) is 0 Å². The standard InChI is InChI=1S/C13H15NO2/c1-2-16-13-6-4-3-5-11(13)7-8-12(15)9-10-14/h3-6H,2,7-9H2,1H3. The van der Waals surface area contributed by atoms with Gasteiger partial charge >= 0.3 is 0 Å². The van der Waals surface area contributed by atoms with Gasteiger partial charge in [-0.2, -0.15) is 5.26 Å². The van der Waals surface area contributed by atoms with Crippen LogP contribution in [0.3, 0.4) is 0 Å². The van der Waals surface area contributed by atoms with Crippen LogP contribution < -0.4 is 4.74 Å². The van der Waals surface area contributed by atoms with E-state index < -0.39 is 0 Å². The molecule has 0 fully saturated rings. The molecule has 3 heteroatoms. The van der Waals surface area contributed by atoms with Crippen LogP contribution in [-0.2, 0) is 11.2 Å². The van der Waals surface area contributed by atoms with E-state index in [-0.39, 0.29) is 12.2 Å². The molecule has 0 amide bonds. The minimum Gasteiger partial charge on any atom is -0.494 e. The van der Waals surface area contributed by atoms with Gasteiger partial charge in [-0.3, -0.25) is 4.79 Å². The highest BCUT2D eigenvalue weighted by Gasteiger charge is 2.05. The first kappa shape index (κ1) is 12.3. The summed E-state index contributed by atoms with van der Waals surface area (Å²) < 4.78 is 5.45. The highest BCUT2D eigenvalue weighted by atomic mass is 16.5. The number of benzene rings is 1. The molecule has 0 aromatic heterocycles. The van der Waals surface area contributed by atoms with Gasteiger partial charge in [-0.05, 0) is 25.0 Å². The van der Waals surface area contributed by atoms with Crippen LogP contribution in [0.4, 0.5) is 0 Å². The first-order valence-electron chi connectivity index (χ1n) is 5.37. The molecule has 1 rings (SSSR count). The molecule has 1 aromatic carbocycles. The topological polar surface area (TPSA) is 50.1 Å². The van der Waals surface area contributed by atoms with Gasteiger partial charge in [-0.1, -0.05) is 18.2 Å². The third kappa shape index (κ3) is 3.74. The van der Waals surface area contributed by atoms with Crippen molar-refractivity contribution in [1.82, 2.24) is 0 Å². The Hall–Kier alpha value is -1.82. The second-order valence-electron chi connectivity index (χ2n) is 3.41. The van der Waals surface area contributed by atoms with Gasteiger partial charge in [0, 0.05) is 6.42 Å². The number of rotatable bonds is 6. The number of hydrogen-bond donors (Lipinski definition) is 0. The lowest BCUT2D eigenvalue weighted by atomic mass is 10.1. The average molecular weight is 217 g/mol. The Morgan fingerprint density at radius 2 is 2.19 bits per heavy atom. The molecule has 0 spiro atoms. The van der Waals surface area contributed by atoms with Crippen molar-refractivity contribution < 1.29 is 9.53 Å². The number of carbonyl (C=O) groups excluding carboxylic acids is 1. The van der Waals surface area contributed by atoms with Crippen molar-refractivity contribution in [2.24, 2.45) is 0 Å². The van der Waals surface area contributed by atoms with E-state index in [0.29, 0.717) is 19.4 Å². The van der Waals surface area contributed by atoms with Crippen LogP contribution in [0.25, 0.3) is 0 Å². The summed E-state index contributed by atoms with van der Waals surface area (Å²) in [5.41, 5.74) is 1.02. The summed E-state index contributed by atoms with van der Waals surface area (Å²) in [6.45, 7) is 2.54. The fourth-order valence-corrected chi connectivity index (χ4v) is 1.46. The van der Waals surface area contributed by atoms with Crippen LogP contribution in [0.15, 0.2) is 24.3 Å². The molecular weight excluding hydrogens is 202 g/mol. The molecule has 3 nitrogen and oxygen atoms in total. The van der Waals surface area contributed by atoms with Gasteiger partial charge in [0.15, 0.2) is 0 Å². The Labute approximate surface area is 95.7 Å². The molecule has 84 valence electrons. The van der Waals surface area contributed by atoms with Gasteiger partial charge < -0.3 is 4.74 Å². The van der Waals surface area contributed by atoms with Gasteiger partial charge in [-0.25, -0.2) is 0 Å². The van der Waals surface area contributed by atoms with Crippen molar-refractivity contribution in [1.29, 1.82) is 5.26 Å². The lowest BCUT2D eigenvalue weighted by molar-refractivity contribution is -0.118. The molecule has 0 saturated heterocycles. The van der Waals surface area contributed by atoms with Crippen molar-refractivity contribution in [2.45, 2.75) is 26.2 Å². The van der Waals surface area contributed by atoms with Crippen molar-refractivity contribution >= 4 is 5.78 Å². The van der Waals surface area contributed by atoms with Crippen molar-refractivity contribution in [3.05, 3.63) is 29.8 Å². The van der Waals surface area contributed by atoms with Gasteiger partial charge in [0.1, 0.15) is 11.5 Å². The smallest absolute Gasteiger partial charge is 0.147 e. The van der Waals surface area contributed by atoms with Crippen LogP contribution in [0.2, 0.25) is 0 Å². The average Bonchev–Trinajstić information content (AvgIpc) is 2.29. The van der Waals surface area contributed by atoms with Gasteiger partial charge in [0.2, 0.25) is 0 Å². The number of nitrogens with zero attached hydrogens (tertiary/aromatic N) is 1. The van der Waals surface area contributed by atoms with Crippen LogP contribution in [-0.4, -0.2) is 12.4 Å². The van der Waals surface area contributed by atoms with E-state index >= 15 is 0 Å². The zero-order chi connectivity index (χ0) is 11.8. The van der Waals surface area contributed by atoms with Gasteiger partial charge in [-0.15, -0.1) is 0 Å². The maximum Gasteiger partial charge on any atom is 0.147 e. The Morgan fingerprint density at radius 1 is 1.44 bits per heavy atom. The number of nitriles is 1. The van der Waals surface area contributed by atoms with Crippen molar-refractivity contribution in [2.75, 3.05) is 6.61 Å². The van der Waals surface area contributed by atoms with Crippen molar-refractivity contribution in [3.63, 3.8) is 0 Å². The lowest BCUT2D eigenvalue weighted by Crippen LogP contribution is -2.01. The molecule has 0 heterocycles. The molecule has 0 aliphatic rings. The van der Waals surface area contributed by atoms with E-state index in [0.717, 1.165) is 11.3 Å². The molecule has 0 saturated carbocycles. The molecule has 0 N–H and O–H groups in total. The molecule has 0 atom stereocenters. The van der Waals surface area contributed by atoms with Crippen LogP contribution in [0.5, 0.6) is 5.75 Å². The number of hydrogen-bond acceptors (Lipinski definition) is 3. The quantitative estimate of drug-likeness (QED) is 0.735. The fraction of sp³-hybridized carbons (Fsp3) is 0.385. The second-order valence-corrected chi connectivity index (χ2v) is 3.41. The third-order valence-corrected chi connectivity index (χ3v) is 2.22. The fourth-order valence-electron chi connectivity index (χ4n) is 1.46. The normalized spacial score (nSPS) is 9.50. The highest BCUT2D eigenvalue weighted by molar-refractivity contribution is 5.80. The largest absolute Gasteiger partial charge is 0.494 e. The predicted molar refractivity (Wildman–Crippen MR) is 61.2 cm³/mol. The molecular formula is C13H15NO2. The number of ether oxygens (including phenoxy) is 1. The zero-order valence-electron chi connectivity index (χ0n) is 9.40. The summed E-state index contributed by atoms with van der Waals surface area (Å²) in [5.74, 6) is 0.809. The Morgan fingerprint density at radius 3 is 2.88 bits per heavy atom. The number of Topliss-reactive ketones (excluding diaryl/α,β-unsaturated/α-hetero) is 1. The summed E-state index contributed by atoms with van der Waals surface area (Å²) in [7, 11) is 0. The summed E-state index contributed by atoms with van der Waals surface area (Å²) in [6.07, 6.45) is 1.03. The molecule has 0 unspecified atom stereocenters. The summed E-state index contributed by atoms with van der Waals surface area (Å²) in [4.78, 5) is 11.2. The van der Waals surface area contributed by atoms with Crippen molar-refractivity contribution in [3.8, 4) is 11.8 Å². The summed E-state index contributed by atoms with van der Waals surface area (Å²) >= 11 is 0. The van der Waals surface area contributed by atoms with E-state index in [2.05, 4.69) is 0 Å². The van der Waals surface area contributed by atoms with Crippen LogP contribution in [0.1, 0.15) is 25.3 Å². The SMILES string of the molecule is CCOc1ccccc1CCC(=O)CC#N. The predicted octanol–water partition coefficient (Wildman–Crippen LogP) is 2.50. The second kappa shape index (κ2) is 6.62. The first-order chi connectivity index (χ1) is 7.77. The van der Waals surface area contributed by atoms with E-state index in [4.69, 9.17) is 10.00 Å². The molecule has 0 aliphatic heterocycles. The van der Waals surface area contributed by atoms with E-state index in [1.807, 2.05) is 37.3 Å². The Bertz CT molecular complexity index is 393. The molecule has 16 heavy (non-hydrogen) atoms. The third-order valence-electron chi connectivity index (χ3n) is 2.22. The number of para-hydroxylation sites is 1. The Kier molecular flexibility index (Phi) is 5.07. The minimum atomic E-state index is -0.0196. The van der Waals surface area contributed by atoms with Gasteiger partial charge in [0.05, 0.1) is 19.1 Å². The highest BCUT2D eigenvalue weighted by Crippen LogP contribution is 2.19. The van der Waals surface area contributed by atoms with Gasteiger partial charge in [0.25, 0.3) is 0 Å². The lowest BCUT2D eigenvalue weighted by Gasteiger charge is -2.08. The number of aryl methyl sites for hydroxylation is 1. The van der Waals surface area contributed by atoms with Crippen LogP contribution in [0, 0.1) is 11.3 Å². The number of ketones is 1. The molecule has 0 bridgehead atoms. The Balaban J connectivity index is 2.59. The first-order valence-corrected chi connectivity index (χ1v) is 5.37. The van der Waals surface area contributed by atoms with E-state index in [9.17, 15) is 4.79 Å². The van der Waals surface area contributed by atoms with E-state index in [1.165, 1.54) is 0 Å². The maximum absolute atomic E-state index is 11.2. The molecule has 1 aromatic rings. The van der Waals surface area contributed by atoms with Crippen LogP contribution >= 0.6 is 0 Å². The molecule has 0 aliphatic carbocycles. The summed E-state index contributed by atoms with van der Waals surface area (Å²) in [6, 6.07) is 9.54. The monoisotopic (exact) mass is 217 g/mol.